The first-order valence-corrected chi connectivity index (χ1v) is 7.06. The number of aliphatic imine (C=N–C) groups is 1. The van der Waals surface area contributed by atoms with E-state index in [4.69, 9.17) is 4.74 Å². The number of cyclic esters (lactones) is 1. The van der Waals surface area contributed by atoms with E-state index in [1.165, 1.54) is 42.5 Å². The van der Waals surface area contributed by atoms with E-state index in [1.54, 1.807) is 6.07 Å². The van der Waals surface area contributed by atoms with Crippen molar-refractivity contribution in [1.82, 2.24) is 0 Å². The molecule has 0 unspecified atom stereocenters. The fourth-order valence-corrected chi connectivity index (χ4v) is 2.22. The van der Waals surface area contributed by atoms with Gasteiger partial charge < -0.3 is 4.74 Å². The fourth-order valence-electron chi connectivity index (χ4n) is 1.89. The number of hydrogen-bond donors (Lipinski definition) is 0. The highest BCUT2D eigenvalue weighted by atomic mass is 79.9. The van der Waals surface area contributed by atoms with Gasteiger partial charge in [0.05, 0.1) is 0 Å². The molecule has 1 aliphatic rings. The SMILES string of the molecule is O=C1OC(c2ccc(F)cc2)=N/C1=C\c1ccc(Br)cc1F. The summed E-state index contributed by atoms with van der Waals surface area (Å²) in [7, 11) is 0. The number of carbonyl (C=O) groups excluding carboxylic acids is 1. The summed E-state index contributed by atoms with van der Waals surface area (Å²) in [4.78, 5) is 15.8. The Bertz CT molecular complexity index is 813. The third kappa shape index (κ3) is 2.96. The average molecular weight is 364 g/mol. The Kier molecular flexibility index (Phi) is 3.85. The number of rotatable bonds is 2. The van der Waals surface area contributed by atoms with Crippen LogP contribution in [0.2, 0.25) is 0 Å². The zero-order valence-corrected chi connectivity index (χ0v) is 12.6. The summed E-state index contributed by atoms with van der Waals surface area (Å²) in [6, 6.07) is 9.83. The van der Waals surface area contributed by atoms with E-state index in [-0.39, 0.29) is 17.2 Å². The third-order valence-electron chi connectivity index (χ3n) is 2.97. The van der Waals surface area contributed by atoms with Crippen molar-refractivity contribution in [3.05, 3.63) is 75.4 Å². The van der Waals surface area contributed by atoms with Crippen LogP contribution >= 0.6 is 15.9 Å². The summed E-state index contributed by atoms with van der Waals surface area (Å²) in [5, 5.41) is 0. The lowest BCUT2D eigenvalue weighted by atomic mass is 10.2. The highest BCUT2D eigenvalue weighted by Crippen LogP contribution is 2.22. The average Bonchev–Trinajstić information content (AvgIpc) is 2.84. The first kappa shape index (κ1) is 14.6. The highest BCUT2D eigenvalue weighted by molar-refractivity contribution is 9.10. The number of nitrogens with zero attached hydrogens (tertiary/aromatic N) is 1. The van der Waals surface area contributed by atoms with Crippen LogP contribution in [-0.4, -0.2) is 11.9 Å². The van der Waals surface area contributed by atoms with Crippen LogP contribution in [0, 0.1) is 11.6 Å². The molecule has 0 spiro atoms. The minimum Gasteiger partial charge on any atom is -0.402 e. The molecule has 0 atom stereocenters. The van der Waals surface area contributed by atoms with Crippen LogP contribution < -0.4 is 0 Å². The standard InChI is InChI=1S/C16H8BrF2NO2/c17-11-4-1-10(13(19)8-11)7-14-16(21)22-15(20-14)9-2-5-12(18)6-3-9/h1-8H/b14-7-. The van der Waals surface area contributed by atoms with Gasteiger partial charge in [-0.25, -0.2) is 18.6 Å². The number of esters is 1. The van der Waals surface area contributed by atoms with Crippen molar-refractivity contribution >= 4 is 33.9 Å². The summed E-state index contributed by atoms with van der Waals surface area (Å²) in [5.41, 5.74) is 0.675. The maximum Gasteiger partial charge on any atom is 0.363 e. The van der Waals surface area contributed by atoms with Crippen LogP contribution in [-0.2, 0) is 9.53 Å². The largest absolute Gasteiger partial charge is 0.402 e. The number of carbonyl (C=O) groups is 1. The van der Waals surface area contributed by atoms with Gasteiger partial charge in [-0.15, -0.1) is 0 Å². The molecular formula is C16H8BrF2NO2. The van der Waals surface area contributed by atoms with Crippen molar-refractivity contribution < 1.29 is 18.3 Å². The van der Waals surface area contributed by atoms with Crippen molar-refractivity contribution in [2.45, 2.75) is 0 Å². The molecule has 2 aromatic carbocycles. The first-order chi connectivity index (χ1) is 10.5. The van der Waals surface area contributed by atoms with Gasteiger partial charge in [0.25, 0.3) is 0 Å². The Morgan fingerprint density at radius 3 is 2.50 bits per heavy atom. The van der Waals surface area contributed by atoms with E-state index in [0.717, 1.165) is 0 Å². The quantitative estimate of drug-likeness (QED) is 0.595. The first-order valence-electron chi connectivity index (χ1n) is 6.26. The van der Waals surface area contributed by atoms with Crippen molar-refractivity contribution in [3.8, 4) is 0 Å². The lowest BCUT2D eigenvalue weighted by molar-refractivity contribution is -0.129. The lowest BCUT2D eigenvalue weighted by Gasteiger charge is -1.98. The minimum atomic E-state index is -0.679. The third-order valence-corrected chi connectivity index (χ3v) is 3.46. The van der Waals surface area contributed by atoms with Crippen LogP contribution in [0.15, 0.2) is 57.6 Å². The van der Waals surface area contributed by atoms with Crippen LogP contribution in [0.3, 0.4) is 0 Å². The van der Waals surface area contributed by atoms with E-state index in [0.29, 0.717) is 10.0 Å². The fraction of sp³-hybridized carbons (Fsp3) is 0. The molecule has 0 bridgehead atoms. The molecule has 3 nitrogen and oxygen atoms in total. The molecule has 0 aromatic heterocycles. The Morgan fingerprint density at radius 2 is 1.82 bits per heavy atom. The smallest absolute Gasteiger partial charge is 0.363 e. The molecule has 0 fully saturated rings. The van der Waals surface area contributed by atoms with Gasteiger partial charge >= 0.3 is 5.97 Å². The molecule has 22 heavy (non-hydrogen) atoms. The van der Waals surface area contributed by atoms with Gasteiger partial charge in [-0.1, -0.05) is 22.0 Å². The molecule has 0 radical (unpaired) electrons. The minimum absolute atomic E-state index is 0.0134. The number of ether oxygens (including phenoxy) is 1. The van der Waals surface area contributed by atoms with Crippen molar-refractivity contribution in [1.29, 1.82) is 0 Å². The van der Waals surface area contributed by atoms with Crippen molar-refractivity contribution in [3.63, 3.8) is 0 Å². The highest BCUT2D eigenvalue weighted by Gasteiger charge is 2.24. The molecule has 0 N–H and O–H groups in total. The van der Waals surface area contributed by atoms with E-state index in [9.17, 15) is 13.6 Å². The summed E-state index contributed by atoms with van der Waals surface area (Å²) >= 11 is 3.16. The van der Waals surface area contributed by atoms with Crippen LogP contribution in [0.25, 0.3) is 6.08 Å². The second kappa shape index (κ2) is 5.81. The molecular weight excluding hydrogens is 356 g/mol. The van der Waals surface area contributed by atoms with Crippen LogP contribution in [0.5, 0.6) is 0 Å². The zero-order valence-electron chi connectivity index (χ0n) is 11.0. The van der Waals surface area contributed by atoms with Crippen LogP contribution in [0.4, 0.5) is 8.78 Å². The van der Waals surface area contributed by atoms with Gasteiger partial charge in [0.1, 0.15) is 11.6 Å². The molecule has 3 rings (SSSR count). The molecule has 0 amide bonds. The topological polar surface area (TPSA) is 38.7 Å². The molecule has 1 aliphatic heterocycles. The van der Waals surface area contributed by atoms with E-state index < -0.39 is 17.6 Å². The molecule has 110 valence electrons. The molecule has 6 heteroatoms. The lowest BCUT2D eigenvalue weighted by Crippen LogP contribution is -2.05. The van der Waals surface area contributed by atoms with E-state index in [1.807, 2.05) is 0 Å². The maximum atomic E-state index is 13.8. The second-order valence-electron chi connectivity index (χ2n) is 4.51. The van der Waals surface area contributed by atoms with Gasteiger partial charge in [-0.3, -0.25) is 0 Å². The summed E-state index contributed by atoms with van der Waals surface area (Å²) in [6.07, 6.45) is 1.31. The Balaban J connectivity index is 1.95. The second-order valence-corrected chi connectivity index (χ2v) is 5.42. The molecule has 0 saturated carbocycles. The number of benzene rings is 2. The normalized spacial score (nSPS) is 15.9. The maximum absolute atomic E-state index is 13.8. The van der Waals surface area contributed by atoms with E-state index in [2.05, 4.69) is 20.9 Å². The summed E-state index contributed by atoms with van der Waals surface area (Å²) in [6.45, 7) is 0. The molecule has 1 heterocycles. The summed E-state index contributed by atoms with van der Waals surface area (Å²) in [5.74, 6) is -1.50. The van der Waals surface area contributed by atoms with Gasteiger partial charge in [0.2, 0.25) is 5.90 Å². The molecule has 0 aliphatic carbocycles. The Labute approximate surface area is 133 Å². The molecule has 2 aromatic rings. The number of halogens is 3. The molecule has 0 saturated heterocycles. The van der Waals surface area contributed by atoms with Gasteiger partial charge in [0.15, 0.2) is 5.70 Å². The van der Waals surface area contributed by atoms with E-state index >= 15 is 0 Å². The predicted octanol–water partition coefficient (Wildman–Crippen LogP) is 4.07. The number of hydrogen-bond acceptors (Lipinski definition) is 3. The van der Waals surface area contributed by atoms with Gasteiger partial charge in [-0.2, -0.15) is 0 Å². The zero-order chi connectivity index (χ0) is 15.7. The summed E-state index contributed by atoms with van der Waals surface area (Å²) < 4.78 is 32.3. The van der Waals surface area contributed by atoms with Crippen molar-refractivity contribution in [2.75, 3.05) is 0 Å². The predicted molar refractivity (Wildman–Crippen MR) is 81.1 cm³/mol. The van der Waals surface area contributed by atoms with Crippen molar-refractivity contribution in [2.24, 2.45) is 4.99 Å². The van der Waals surface area contributed by atoms with Crippen LogP contribution in [0.1, 0.15) is 11.1 Å². The van der Waals surface area contributed by atoms with Gasteiger partial charge in [-0.05, 0) is 42.5 Å². The monoisotopic (exact) mass is 363 g/mol. The van der Waals surface area contributed by atoms with Gasteiger partial charge in [0, 0.05) is 15.6 Å². The Morgan fingerprint density at radius 1 is 1.09 bits per heavy atom. The Hall–Kier alpha value is -2.34.